The molecule has 0 aromatic rings. The van der Waals surface area contributed by atoms with E-state index in [0.717, 1.165) is 5.57 Å². The van der Waals surface area contributed by atoms with E-state index in [2.05, 4.69) is 5.32 Å². The summed E-state index contributed by atoms with van der Waals surface area (Å²) in [6, 6.07) is -0.255. The van der Waals surface area contributed by atoms with Crippen LogP contribution in [-0.4, -0.2) is 96.0 Å². The van der Waals surface area contributed by atoms with Crippen molar-refractivity contribution in [1.82, 2.24) is 5.32 Å². The third-order valence-corrected chi connectivity index (χ3v) is 11.6. The molecule has 2 bridgehead atoms. The molecule has 3 fully saturated rings. The number of cyclic esters (lactones) is 1. The summed E-state index contributed by atoms with van der Waals surface area (Å²) in [7, 11) is 1.80. The first-order valence-corrected chi connectivity index (χ1v) is 18.0. The van der Waals surface area contributed by atoms with E-state index in [1.54, 1.807) is 14.0 Å². The van der Waals surface area contributed by atoms with Gasteiger partial charge in [0.2, 0.25) is 0 Å². The molecule has 48 heavy (non-hydrogen) atoms. The number of aliphatic hydroxyl groups is 2. The van der Waals surface area contributed by atoms with Gasteiger partial charge in [0.05, 0.1) is 41.7 Å². The van der Waals surface area contributed by atoms with Crippen molar-refractivity contribution in [3.8, 4) is 0 Å². The van der Waals surface area contributed by atoms with Crippen LogP contribution in [0.2, 0.25) is 0 Å². The molecule has 0 aromatic heterocycles. The molecule has 3 N–H and O–H groups in total. The molecule has 0 aromatic carbocycles. The number of carbonyl (C=O) groups excluding carboxylic acids is 2. The van der Waals surface area contributed by atoms with Gasteiger partial charge in [-0.25, -0.2) is 0 Å². The zero-order valence-electron chi connectivity index (χ0n) is 31.5. The van der Waals surface area contributed by atoms with Crippen LogP contribution in [0.5, 0.6) is 0 Å². The third kappa shape index (κ3) is 7.53. The summed E-state index contributed by atoms with van der Waals surface area (Å²) in [5.41, 5.74) is -1.56. The number of rotatable bonds is 6. The Kier molecular flexibility index (Phi) is 11.9. The van der Waals surface area contributed by atoms with Gasteiger partial charge in [0, 0.05) is 24.8 Å². The quantitative estimate of drug-likeness (QED) is 0.337. The van der Waals surface area contributed by atoms with Gasteiger partial charge in [0.15, 0.2) is 18.4 Å². The first kappa shape index (κ1) is 39.2. The second-order valence-corrected chi connectivity index (χ2v) is 16.5. The number of likely N-dealkylation sites (N-methyl/N-ethyl adjacent to an activating group) is 1. The zero-order valence-corrected chi connectivity index (χ0v) is 31.5. The van der Waals surface area contributed by atoms with E-state index in [-0.39, 0.29) is 17.9 Å². The second kappa shape index (κ2) is 14.6. The van der Waals surface area contributed by atoms with E-state index < -0.39 is 89.4 Å². The number of ether oxygens (including phenoxy) is 6. The van der Waals surface area contributed by atoms with Crippen molar-refractivity contribution in [2.24, 2.45) is 28.6 Å². The molecule has 14 atom stereocenters. The van der Waals surface area contributed by atoms with Crippen LogP contribution in [0.4, 0.5) is 0 Å². The van der Waals surface area contributed by atoms with Crippen LogP contribution < -0.4 is 5.32 Å². The standard InChI is InChI=1S/C37H63NO10/c1-14-25-36(10,11)30(40)20(4)28-18(2)16-37(12,48-28)32(47-34-27(39)24(38-13)15-19(3)43-34)21(5)29(22(6)33(42)45-25)46-26-17-35(8,9)31(41)23(7)44-26/h19-27,29,31-32,34,38-39,41H,14-17H2,1-13H3/t19-,20+,21+,22-,23+,24+,25-,26+,27-,29+,31+,32-,34+,37+/m1/s1. The van der Waals surface area contributed by atoms with E-state index in [4.69, 9.17) is 28.4 Å². The first-order chi connectivity index (χ1) is 22.2. The smallest absolute Gasteiger partial charge is 0.311 e. The fourth-order valence-electron chi connectivity index (χ4n) is 8.66. The number of hydrogen-bond donors (Lipinski definition) is 3. The lowest BCUT2D eigenvalue weighted by atomic mass is 9.75. The number of hydrogen-bond acceptors (Lipinski definition) is 11. The van der Waals surface area contributed by atoms with Gasteiger partial charge in [-0.05, 0) is 86.3 Å². The van der Waals surface area contributed by atoms with Crippen LogP contribution >= 0.6 is 0 Å². The second-order valence-electron chi connectivity index (χ2n) is 16.5. The number of allylic oxidation sites excluding steroid dienone is 1. The number of carbonyl (C=O) groups is 2. The molecule has 3 saturated heterocycles. The predicted octanol–water partition coefficient (Wildman–Crippen LogP) is 4.65. The Bertz CT molecular complexity index is 1200. The van der Waals surface area contributed by atoms with Crippen molar-refractivity contribution >= 4 is 11.8 Å². The van der Waals surface area contributed by atoms with Gasteiger partial charge in [-0.2, -0.15) is 0 Å². The first-order valence-electron chi connectivity index (χ1n) is 18.0. The molecule has 0 saturated carbocycles. The summed E-state index contributed by atoms with van der Waals surface area (Å²) >= 11 is 0. The van der Waals surface area contributed by atoms with Gasteiger partial charge >= 0.3 is 5.97 Å². The Labute approximate surface area is 287 Å². The highest BCUT2D eigenvalue weighted by Gasteiger charge is 2.55. The number of fused-ring (bicyclic) bond motifs is 2. The summed E-state index contributed by atoms with van der Waals surface area (Å²) in [4.78, 5) is 28.3. The zero-order chi connectivity index (χ0) is 36.1. The van der Waals surface area contributed by atoms with Gasteiger partial charge < -0.3 is 44.0 Å². The molecule has 0 spiro atoms. The maximum absolute atomic E-state index is 14.2. The highest BCUT2D eigenvalue weighted by molar-refractivity contribution is 5.89. The highest BCUT2D eigenvalue weighted by Crippen LogP contribution is 2.47. The lowest BCUT2D eigenvalue weighted by molar-refractivity contribution is -0.308. The molecule has 4 aliphatic rings. The number of esters is 1. The lowest BCUT2D eigenvalue weighted by Gasteiger charge is -2.48. The van der Waals surface area contributed by atoms with Gasteiger partial charge in [0.25, 0.3) is 0 Å². The van der Waals surface area contributed by atoms with Crippen LogP contribution in [0.3, 0.4) is 0 Å². The summed E-state index contributed by atoms with van der Waals surface area (Å²) in [6.45, 7) is 22.8. The molecule has 0 unspecified atom stereocenters. The van der Waals surface area contributed by atoms with E-state index in [1.165, 1.54) is 0 Å². The summed E-state index contributed by atoms with van der Waals surface area (Å²) in [5, 5.41) is 25.4. The molecule has 11 nitrogen and oxygen atoms in total. The Balaban J connectivity index is 1.83. The van der Waals surface area contributed by atoms with Gasteiger partial charge in [-0.3, -0.25) is 9.59 Å². The molecule has 4 heterocycles. The van der Waals surface area contributed by atoms with Crippen molar-refractivity contribution < 1.29 is 48.2 Å². The van der Waals surface area contributed by atoms with E-state index in [1.807, 2.05) is 76.2 Å². The predicted molar refractivity (Wildman–Crippen MR) is 180 cm³/mol. The van der Waals surface area contributed by atoms with Crippen LogP contribution in [0.25, 0.3) is 0 Å². The average Bonchev–Trinajstić information content (AvgIpc) is 3.33. The fraction of sp³-hybridized carbons (Fsp3) is 0.892. The monoisotopic (exact) mass is 681 g/mol. The molecular weight excluding hydrogens is 618 g/mol. The van der Waals surface area contributed by atoms with Gasteiger partial charge in [-0.15, -0.1) is 0 Å². The van der Waals surface area contributed by atoms with Crippen molar-refractivity contribution in [3.05, 3.63) is 11.3 Å². The van der Waals surface area contributed by atoms with Crippen molar-refractivity contribution in [3.63, 3.8) is 0 Å². The molecule has 0 amide bonds. The van der Waals surface area contributed by atoms with Crippen LogP contribution in [0.1, 0.15) is 109 Å². The topological polar surface area (TPSA) is 142 Å². The van der Waals surface area contributed by atoms with Crippen molar-refractivity contribution in [1.29, 1.82) is 0 Å². The van der Waals surface area contributed by atoms with Crippen molar-refractivity contribution in [2.75, 3.05) is 7.05 Å². The van der Waals surface area contributed by atoms with Gasteiger partial charge in [0.1, 0.15) is 29.7 Å². The molecule has 276 valence electrons. The molecule has 0 radical (unpaired) electrons. The van der Waals surface area contributed by atoms with Crippen molar-refractivity contribution in [2.45, 2.75) is 176 Å². The molecule has 11 heteroatoms. The third-order valence-electron chi connectivity index (χ3n) is 11.6. The van der Waals surface area contributed by atoms with Crippen LogP contribution in [0, 0.1) is 28.6 Å². The van der Waals surface area contributed by atoms with E-state index in [0.29, 0.717) is 31.4 Å². The average molecular weight is 682 g/mol. The number of Topliss-reactive ketones (excluding diaryl/α,β-unsaturated/α-hetero) is 1. The Morgan fingerprint density at radius 2 is 1.62 bits per heavy atom. The number of ketones is 1. The summed E-state index contributed by atoms with van der Waals surface area (Å²) < 4.78 is 39.1. The van der Waals surface area contributed by atoms with E-state index >= 15 is 0 Å². The maximum atomic E-state index is 14.2. The molecule has 4 rings (SSSR count). The lowest BCUT2D eigenvalue weighted by Crippen LogP contribution is -2.59. The molecule has 0 aliphatic carbocycles. The SMILES string of the molecule is CC[C@H]1OC(=O)[C@H](C)[C@@H](O[C@H]2CC(C)(C)[C@@H](O)[C@H](C)O2)[C@H](C)[C@@H](O[C@@H]2O[C@H](C)C[C@H](NC)[C@H]2O)[C@]2(C)CC(C)=C(O2)[C@H](C)C(=O)C1(C)C. The number of nitrogens with one attached hydrogen (secondary N) is 1. The Morgan fingerprint density at radius 3 is 2.21 bits per heavy atom. The minimum absolute atomic E-state index is 0.0759. The molecular formula is C37H63NO10. The maximum Gasteiger partial charge on any atom is 0.311 e. The van der Waals surface area contributed by atoms with E-state index in [9.17, 15) is 19.8 Å². The normalized spacial score (nSPS) is 45.4. The number of aliphatic hydroxyl groups excluding tert-OH is 2. The Hall–Kier alpha value is -1.60. The van der Waals surface area contributed by atoms with Crippen LogP contribution in [0.15, 0.2) is 11.3 Å². The fourth-order valence-corrected chi connectivity index (χ4v) is 8.66. The minimum Gasteiger partial charge on any atom is -0.488 e. The summed E-state index contributed by atoms with van der Waals surface area (Å²) in [6.07, 6.45) is -4.40. The minimum atomic E-state index is -1.00. The van der Waals surface area contributed by atoms with Gasteiger partial charge in [-0.1, -0.05) is 27.7 Å². The Morgan fingerprint density at radius 1 is 0.979 bits per heavy atom. The highest BCUT2D eigenvalue weighted by atomic mass is 16.7. The largest absolute Gasteiger partial charge is 0.488 e. The summed E-state index contributed by atoms with van der Waals surface area (Å²) in [5.74, 6) is -1.90. The van der Waals surface area contributed by atoms with Crippen LogP contribution in [-0.2, 0) is 38.0 Å². The molecule has 4 aliphatic heterocycles.